The fourth-order valence-electron chi connectivity index (χ4n) is 6.54. The number of anilines is 2. The molecule has 0 saturated heterocycles. The van der Waals surface area contributed by atoms with Crippen LogP contribution in [-0.2, 0) is 50.5 Å². The molecule has 6 rings (SSSR count). The highest BCUT2D eigenvalue weighted by Gasteiger charge is 2.69. The third-order valence-corrected chi connectivity index (χ3v) is 9.09. The molecule has 1 fully saturated rings. The highest BCUT2D eigenvalue weighted by Crippen LogP contribution is 2.58. The zero-order valence-electron chi connectivity index (χ0n) is 26.8. The summed E-state index contributed by atoms with van der Waals surface area (Å²) in [6.07, 6.45) is -3.68. The summed E-state index contributed by atoms with van der Waals surface area (Å²) in [4.78, 5) is 57.4. The van der Waals surface area contributed by atoms with Gasteiger partial charge in [-0.25, -0.2) is 9.78 Å². The van der Waals surface area contributed by atoms with Crippen molar-refractivity contribution in [1.29, 1.82) is 0 Å². The van der Waals surface area contributed by atoms with Crippen LogP contribution in [0.15, 0.2) is 60.8 Å². The maximum atomic E-state index is 14.1. The zero-order chi connectivity index (χ0) is 34.5. The lowest BCUT2D eigenvalue weighted by Crippen LogP contribution is -2.46. The number of ether oxygens (including phenoxy) is 1. The molecule has 1 atom stereocenters. The van der Waals surface area contributed by atoms with Gasteiger partial charge in [-0.2, -0.15) is 13.2 Å². The number of amides is 4. The van der Waals surface area contributed by atoms with Crippen LogP contribution >= 0.6 is 0 Å². The van der Waals surface area contributed by atoms with Crippen LogP contribution in [0.5, 0.6) is 0 Å². The third-order valence-electron chi connectivity index (χ3n) is 9.09. The molecule has 3 aromatic rings. The summed E-state index contributed by atoms with van der Waals surface area (Å²) >= 11 is 0. The Morgan fingerprint density at radius 3 is 2.38 bits per heavy atom. The van der Waals surface area contributed by atoms with Crippen LogP contribution in [0.1, 0.15) is 61.4 Å². The highest BCUT2D eigenvalue weighted by molar-refractivity contribution is 6.06. The first kappa shape index (κ1) is 33.0. The van der Waals surface area contributed by atoms with Gasteiger partial charge in [0.15, 0.2) is 0 Å². The molecule has 1 saturated carbocycles. The van der Waals surface area contributed by atoms with Gasteiger partial charge in [0, 0.05) is 30.5 Å². The second kappa shape index (κ2) is 11.9. The summed E-state index contributed by atoms with van der Waals surface area (Å²) in [7, 11) is 0. The minimum Gasteiger partial charge on any atom is -0.444 e. The Morgan fingerprint density at radius 2 is 1.69 bits per heavy atom. The van der Waals surface area contributed by atoms with Crippen LogP contribution in [0.25, 0.3) is 0 Å². The van der Waals surface area contributed by atoms with E-state index in [1.54, 1.807) is 69.4 Å². The van der Waals surface area contributed by atoms with E-state index in [9.17, 15) is 32.3 Å². The van der Waals surface area contributed by atoms with E-state index in [4.69, 9.17) is 4.74 Å². The molecule has 10 nitrogen and oxygen atoms in total. The number of nitrogens with one attached hydrogen (secondary N) is 3. The van der Waals surface area contributed by atoms with E-state index in [0.29, 0.717) is 35.5 Å². The first-order valence-electron chi connectivity index (χ1n) is 15.7. The van der Waals surface area contributed by atoms with Gasteiger partial charge in [-0.15, -0.1) is 0 Å². The largest absolute Gasteiger partial charge is 0.444 e. The normalized spacial score (nSPS) is 18.8. The lowest BCUT2D eigenvalue weighted by molar-refractivity contribution is -0.199. The predicted octanol–water partition coefficient (Wildman–Crippen LogP) is 5.40. The Kier molecular flexibility index (Phi) is 8.20. The topological polar surface area (TPSA) is 130 Å². The Labute approximate surface area is 275 Å². The number of hydrogen-bond acceptors (Lipinski definition) is 6. The number of alkyl carbamates (subject to hydrolysis) is 1. The molecule has 13 heteroatoms. The average Bonchev–Trinajstić information content (AvgIpc) is 3.68. The number of nitrogens with zero attached hydrogens (tertiary/aromatic N) is 2. The second-order valence-electron chi connectivity index (χ2n) is 13.7. The van der Waals surface area contributed by atoms with Crippen molar-refractivity contribution in [2.45, 2.75) is 76.7 Å². The molecule has 1 spiro atoms. The van der Waals surface area contributed by atoms with Gasteiger partial charge in [0.1, 0.15) is 23.4 Å². The van der Waals surface area contributed by atoms with Gasteiger partial charge in [0.05, 0.1) is 5.41 Å². The Bertz CT molecular complexity index is 1800. The Morgan fingerprint density at radius 1 is 0.979 bits per heavy atom. The number of hydrogen-bond donors (Lipinski definition) is 3. The van der Waals surface area contributed by atoms with Crippen molar-refractivity contribution in [3.63, 3.8) is 0 Å². The Balaban J connectivity index is 1.19. The number of aromatic nitrogens is 1. The summed E-state index contributed by atoms with van der Waals surface area (Å²) < 4.78 is 47.5. The predicted molar refractivity (Wildman–Crippen MR) is 170 cm³/mol. The summed E-state index contributed by atoms with van der Waals surface area (Å²) in [5.74, 6) is -1.46. The van der Waals surface area contributed by atoms with Crippen molar-refractivity contribution in [3.05, 3.63) is 88.6 Å². The van der Waals surface area contributed by atoms with Crippen LogP contribution in [0, 0.1) is 5.41 Å². The summed E-state index contributed by atoms with van der Waals surface area (Å²) in [5.41, 5.74) is -0.0463. The summed E-state index contributed by atoms with van der Waals surface area (Å²) in [5, 5.41) is 8.23. The van der Waals surface area contributed by atoms with Crippen LogP contribution in [0.2, 0.25) is 0 Å². The molecule has 3 N–H and O–H groups in total. The third kappa shape index (κ3) is 6.33. The van der Waals surface area contributed by atoms with E-state index in [1.807, 2.05) is 12.1 Å². The van der Waals surface area contributed by atoms with Gasteiger partial charge in [-0.3, -0.25) is 14.4 Å². The number of carbonyl (C=O) groups excluding carboxylic acids is 4. The minimum atomic E-state index is -4.77. The maximum Gasteiger partial charge on any atom is 0.407 e. The zero-order valence-corrected chi connectivity index (χ0v) is 26.8. The number of pyridine rings is 1. The lowest BCUT2D eigenvalue weighted by atomic mass is 9.79. The minimum absolute atomic E-state index is 0.00109. The monoisotopic (exact) mass is 663 g/mol. The number of halogens is 3. The Hall–Kier alpha value is -4.94. The number of rotatable bonds is 8. The van der Waals surface area contributed by atoms with E-state index in [-0.39, 0.29) is 31.8 Å². The molecule has 48 heavy (non-hydrogen) atoms. The van der Waals surface area contributed by atoms with E-state index < -0.39 is 47.1 Å². The van der Waals surface area contributed by atoms with Crippen LogP contribution in [0.4, 0.5) is 29.5 Å². The molecule has 1 aromatic heterocycles. The first-order chi connectivity index (χ1) is 22.6. The molecule has 0 radical (unpaired) electrons. The van der Waals surface area contributed by atoms with Crippen molar-refractivity contribution in [2.24, 2.45) is 5.41 Å². The highest BCUT2D eigenvalue weighted by atomic mass is 19.4. The van der Waals surface area contributed by atoms with Crippen LogP contribution in [-0.4, -0.2) is 52.0 Å². The molecule has 1 aliphatic heterocycles. The molecule has 2 aliphatic carbocycles. The fraction of sp³-hybridized carbons (Fsp3) is 0.400. The number of benzene rings is 2. The molecular formula is C35H36F3N5O5. The molecule has 0 unspecified atom stereocenters. The fourth-order valence-corrected chi connectivity index (χ4v) is 6.54. The maximum absolute atomic E-state index is 14.1. The van der Waals surface area contributed by atoms with E-state index in [0.717, 1.165) is 21.6 Å². The van der Waals surface area contributed by atoms with Gasteiger partial charge in [0.25, 0.3) is 0 Å². The summed E-state index contributed by atoms with van der Waals surface area (Å²) in [6.45, 7) is 4.23. The van der Waals surface area contributed by atoms with Crippen molar-refractivity contribution in [1.82, 2.24) is 15.2 Å². The van der Waals surface area contributed by atoms with Gasteiger partial charge in [-0.1, -0.05) is 36.4 Å². The van der Waals surface area contributed by atoms with E-state index in [1.165, 1.54) is 0 Å². The van der Waals surface area contributed by atoms with Crippen molar-refractivity contribution >= 4 is 35.3 Å². The second-order valence-corrected chi connectivity index (χ2v) is 13.7. The standard InChI is InChI=1S/C35H36F3N5O5/c1-32(2,3)48-31(47)40-18-22-7-4-5-8-23(22)19-43(30(46)34(12-13-34)35(36,37)38)20-27(44)41-25-11-10-21-16-33(17-24(21)15-25)26-9-6-14-39-28(26)42-29(33)45/h4-11,14-15H,12-13,16-20H2,1-3H3,(H,40,47)(H,41,44)(H,39,42,45)/t33-/m1/s1. The van der Waals surface area contributed by atoms with Gasteiger partial charge < -0.3 is 25.6 Å². The van der Waals surface area contributed by atoms with Crippen molar-refractivity contribution < 1.29 is 37.1 Å². The first-order valence-corrected chi connectivity index (χ1v) is 15.7. The molecule has 4 amide bonds. The van der Waals surface area contributed by atoms with E-state index >= 15 is 0 Å². The lowest BCUT2D eigenvalue weighted by Gasteiger charge is -2.29. The molecule has 3 aliphatic rings. The molecule has 252 valence electrons. The quantitative estimate of drug-likeness (QED) is 0.296. The van der Waals surface area contributed by atoms with Gasteiger partial charge in [-0.05, 0) is 86.9 Å². The molecule has 2 aromatic carbocycles. The van der Waals surface area contributed by atoms with Crippen LogP contribution < -0.4 is 16.0 Å². The summed E-state index contributed by atoms with van der Waals surface area (Å²) in [6, 6.07) is 15.6. The average molecular weight is 664 g/mol. The number of alkyl halides is 3. The van der Waals surface area contributed by atoms with Crippen LogP contribution in [0.3, 0.4) is 0 Å². The van der Waals surface area contributed by atoms with Gasteiger partial charge >= 0.3 is 12.3 Å². The number of fused-ring (bicyclic) bond motifs is 3. The van der Waals surface area contributed by atoms with Crippen molar-refractivity contribution in [3.8, 4) is 0 Å². The molecular weight excluding hydrogens is 627 g/mol. The van der Waals surface area contributed by atoms with E-state index in [2.05, 4.69) is 20.9 Å². The molecule has 0 bridgehead atoms. The van der Waals surface area contributed by atoms with Gasteiger partial charge in [0.2, 0.25) is 17.7 Å². The molecule has 2 heterocycles. The SMILES string of the molecule is CC(C)(C)OC(=O)NCc1ccccc1CN(CC(=O)Nc1ccc2c(c1)C[C@@]1(C2)C(=O)Nc2ncccc21)C(=O)C1(C(F)(F)F)CC1. The number of carbonyl (C=O) groups is 4. The smallest absolute Gasteiger partial charge is 0.407 e. The van der Waals surface area contributed by atoms with Crippen molar-refractivity contribution in [2.75, 3.05) is 17.2 Å².